The molecule has 8 heteroatoms. The molecule has 1 aliphatic rings. The first-order valence-corrected chi connectivity index (χ1v) is 10.7. The van der Waals surface area contributed by atoms with Crippen molar-refractivity contribution in [3.63, 3.8) is 0 Å². The number of fused-ring (bicyclic) bond motifs is 1. The molecule has 164 valence electrons. The van der Waals surface area contributed by atoms with Crippen molar-refractivity contribution in [2.75, 3.05) is 26.2 Å². The van der Waals surface area contributed by atoms with E-state index in [0.29, 0.717) is 31.9 Å². The molecule has 1 saturated heterocycles. The summed E-state index contributed by atoms with van der Waals surface area (Å²) in [5, 5.41) is 19.2. The number of rotatable bonds is 7. The van der Waals surface area contributed by atoms with E-state index >= 15 is 0 Å². The monoisotopic (exact) mass is 416 g/mol. The number of hydrogen-bond donors (Lipinski definition) is 2. The molecule has 1 aromatic carbocycles. The van der Waals surface area contributed by atoms with Crippen LogP contribution >= 0.6 is 0 Å². The zero-order valence-corrected chi connectivity index (χ0v) is 18.0. The van der Waals surface area contributed by atoms with Crippen LogP contribution in [0, 0.1) is 11.8 Å². The number of amides is 2. The van der Waals surface area contributed by atoms with Crippen LogP contribution < -0.4 is 0 Å². The van der Waals surface area contributed by atoms with Crippen LogP contribution in [0.5, 0.6) is 0 Å². The lowest BCUT2D eigenvalue weighted by Gasteiger charge is -2.41. The Kier molecular flexibility index (Phi) is 6.97. The molecule has 8 nitrogen and oxygen atoms in total. The van der Waals surface area contributed by atoms with E-state index in [1.807, 2.05) is 42.7 Å². The second-order valence-corrected chi connectivity index (χ2v) is 8.55. The molecule has 0 radical (unpaired) electrons. The predicted octanol–water partition coefficient (Wildman–Crippen LogP) is 2.91. The summed E-state index contributed by atoms with van der Waals surface area (Å²) in [5.74, 6) is 0.247. The second-order valence-electron chi connectivity index (χ2n) is 8.55. The van der Waals surface area contributed by atoms with Gasteiger partial charge in [-0.05, 0) is 30.9 Å². The Morgan fingerprint density at radius 1 is 1.27 bits per heavy atom. The predicted molar refractivity (Wildman–Crippen MR) is 114 cm³/mol. The minimum atomic E-state index is -1.02. The van der Waals surface area contributed by atoms with Crippen LogP contribution in [0.15, 0.2) is 24.3 Å². The maximum Gasteiger partial charge on any atom is 0.407 e. The van der Waals surface area contributed by atoms with Gasteiger partial charge in [0.1, 0.15) is 0 Å². The van der Waals surface area contributed by atoms with Gasteiger partial charge in [-0.3, -0.25) is 4.79 Å². The summed E-state index contributed by atoms with van der Waals surface area (Å²) in [7, 11) is 0. The van der Waals surface area contributed by atoms with Crippen molar-refractivity contribution in [3.05, 3.63) is 30.1 Å². The molecular weight excluding hydrogens is 384 g/mol. The van der Waals surface area contributed by atoms with Crippen molar-refractivity contribution in [1.29, 1.82) is 0 Å². The molecule has 0 bridgehead atoms. The Morgan fingerprint density at radius 3 is 2.63 bits per heavy atom. The van der Waals surface area contributed by atoms with Gasteiger partial charge in [0.2, 0.25) is 0 Å². The van der Waals surface area contributed by atoms with Gasteiger partial charge in [-0.2, -0.15) is 0 Å². The SMILES string of the molecule is CCCn1c(C(=O)N(CC(C)C)[C@H]2C[C@@H](CO)CN(C(=O)O)C2)nc2ccccc21. The number of carbonyl (C=O) groups is 2. The van der Waals surface area contributed by atoms with Crippen LogP contribution in [0.1, 0.15) is 44.2 Å². The van der Waals surface area contributed by atoms with Gasteiger partial charge in [-0.1, -0.05) is 32.9 Å². The van der Waals surface area contributed by atoms with Gasteiger partial charge < -0.3 is 24.6 Å². The van der Waals surface area contributed by atoms with Crippen molar-refractivity contribution in [2.45, 2.75) is 46.2 Å². The van der Waals surface area contributed by atoms with Crippen LogP contribution in [0.25, 0.3) is 11.0 Å². The molecule has 2 aromatic rings. The number of aryl methyl sites for hydroxylation is 1. The highest BCUT2D eigenvalue weighted by Crippen LogP contribution is 2.25. The maximum atomic E-state index is 13.7. The first-order valence-electron chi connectivity index (χ1n) is 10.7. The van der Waals surface area contributed by atoms with E-state index < -0.39 is 6.09 Å². The standard InChI is InChI=1S/C22H32N4O4/c1-4-9-25-19-8-6-5-7-18(19)23-20(25)21(28)26(11-15(2)3)17-10-16(14-27)12-24(13-17)22(29)30/h5-8,15-17,27H,4,9-14H2,1-3H3,(H,29,30)/t16-,17+/m1/s1. The first-order chi connectivity index (χ1) is 14.3. The minimum Gasteiger partial charge on any atom is -0.465 e. The summed E-state index contributed by atoms with van der Waals surface area (Å²) in [4.78, 5) is 33.1. The Hall–Kier alpha value is -2.61. The Morgan fingerprint density at radius 2 is 2.00 bits per heavy atom. The number of nitrogens with zero attached hydrogens (tertiary/aromatic N) is 4. The molecular formula is C22H32N4O4. The summed E-state index contributed by atoms with van der Waals surface area (Å²) < 4.78 is 1.96. The van der Waals surface area contributed by atoms with Crippen LogP contribution in [0.3, 0.4) is 0 Å². The fraction of sp³-hybridized carbons (Fsp3) is 0.591. The topological polar surface area (TPSA) is 98.9 Å². The largest absolute Gasteiger partial charge is 0.465 e. The molecule has 2 heterocycles. The van der Waals surface area contributed by atoms with Gasteiger partial charge in [0.05, 0.1) is 17.1 Å². The van der Waals surface area contributed by atoms with Gasteiger partial charge in [-0.25, -0.2) is 9.78 Å². The van der Waals surface area contributed by atoms with Crippen LogP contribution in [0.4, 0.5) is 4.79 Å². The van der Waals surface area contributed by atoms with Crippen molar-refractivity contribution in [3.8, 4) is 0 Å². The summed E-state index contributed by atoms with van der Waals surface area (Å²) in [6, 6.07) is 7.42. The molecule has 3 rings (SSSR count). The highest BCUT2D eigenvalue weighted by atomic mass is 16.4. The van der Waals surface area contributed by atoms with E-state index in [4.69, 9.17) is 0 Å². The van der Waals surface area contributed by atoms with Crippen molar-refractivity contribution in [1.82, 2.24) is 19.4 Å². The third-order valence-corrected chi connectivity index (χ3v) is 5.60. The number of likely N-dealkylation sites (tertiary alicyclic amines) is 1. The van der Waals surface area contributed by atoms with Gasteiger partial charge in [0, 0.05) is 38.7 Å². The summed E-state index contributed by atoms with van der Waals surface area (Å²) in [5.41, 5.74) is 1.71. The third kappa shape index (κ3) is 4.59. The summed E-state index contributed by atoms with van der Waals surface area (Å²) in [6.45, 7) is 7.77. The average Bonchev–Trinajstić information content (AvgIpc) is 3.10. The van der Waals surface area contributed by atoms with Gasteiger partial charge in [0.25, 0.3) is 5.91 Å². The number of carbonyl (C=O) groups excluding carboxylic acids is 1. The summed E-state index contributed by atoms with van der Waals surface area (Å²) >= 11 is 0. The van der Waals surface area contributed by atoms with Gasteiger partial charge >= 0.3 is 6.09 Å². The van der Waals surface area contributed by atoms with Crippen molar-refractivity contribution < 1.29 is 19.8 Å². The molecule has 2 atom stereocenters. The van der Waals surface area contributed by atoms with Gasteiger partial charge in [-0.15, -0.1) is 0 Å². The highest BCUT2D eigenvalue weighted by molar-refractivity contribution is 5.95. The number of aliphatic hydroxyl groups excluding tert-OH is 1. The quantitative estimate of drug-likeness (QED) is 0.723. The van der Waals surface area contributed by atoms with Gasteiger partial charge in [0.15, 0.2) is 5.82 Å². The minimum absolute atomic E-state index is 0.0989. The number of carboxylic acid groups (broad SMARTS) is 1. The summed E-state index contributed by atoms with van der Waals surface area (Å²) in [6.07, 6.45) is 0.425. The lowest BCUT2D eigenvalue weighted by Crippen LogP contribution is -2.55. The van der Waals surface area contributed by atoms with Crippen molar-refractivity contribution in [2.24, 2.45) is 11.8 Å². The number of hydrogen-bond acceptors (Lipinski definition) is 4. The Balaban J connectivity index is 1.99. The van der Waals surface area contributed by atoms with E-state index in [9.17, 15) is 19.8 Å². The average molecular weight is 417 g/mol. The van der Waals surface area contributed by atoms with Crippen LogP contribution in [0.2, 0.25) is 0 Å². The molecule has 0 unspecified atom stereocenters. The highest BCUT2D eigenvalue weighted by Gasteiger charge is 2.36. The lowest BCUT2D eigenvalue weighted by atomic mass is 9.93. The number of aromatic nitrogens is 2. The molecule has 30 heavy (non-hydrogen) atoms. The van der Waals surface area contributed by atoms with E-state index in [0.717, 1.165) is 17.5 Å². The zero-order chi connectivity index (χ0) is 21.8. The number of benzene rings is 1. The normalized spacial score (nSPS) is 19.4. The molecule has 1 aromatic heterocycles. The molecule has 1 fully saturated rings. The fourth-order valence-electron chi connectivity index (χ4n) is 4.30. The Bertz CT molecular complexity index is 894. The smallest absolute Gasteiger partial charge is 0.407 e. The van der Waals surface area contributed by atoms with Crippen LogP contribution in [-0.4, -0.2) is 73.8 Å². The maximum absolute atomic E-state index is 13.7. The second kappa shape index (κ2) is 9.47. The molecule has 2 N–H and O–H groups in total. The van der Waals surface area contributed by atoms with Crippen molar-refractivity contribution >= 4 is 23.0 Å². The zero-order valence-electron chi connectivity index (χ0n) is 18.0. The molecule has 0 spiro atoms. The lowest BCUT2D eigenvalue weighted by molar-refractivity contribution is 0.0311. The van der Waals surface area contributed by atoms with Crippen LogP contribution in [-0.2, 0) is 6.54 Å². The third-order valence-electron chi connectivity index (χ3n) is 5.60. The fourth-order valence-corrected chi connectivity index (χ4v) is 4.30. The van der Waals surface area contributed by atoms with E-state index in [2.05, 4.69) is 11.9 Å². The number of para-hydroxylation sites is 2. The molecule has 0 saturated carbocycles. The Labute approximate surface area is 177 Å². The van der Waals surface area contributed by atoms with E-state index in [1.54, 1.807) is 4.90 Å². The number of imidazole rings is 1. The number of aliphatic hydroxyl groups is 1. The van der Waals surface area contributed by atoms with E-state index in [-0.39, 0.29) is 36.9 Å². The molecule has 0 aliphatic carbocycles. The molecule has 1 aliphatic heterocycles. The van der Waals surface area contributed by atoms with E-state index in [1.165, 1.54) is 4.90 Å². The molecule has 2 amide bonds. The first kappa shape index (κ1) is 22.1. The number of piperidine rings is 1.